The third-order valence-electron chi connectivity index (χ3n) is 5.14. The summed E-state index contributed by atoms with van der Waals surface area (Å²) in [5, 5.41) is 0.711. The molecule has 33 heavy (non-hydrogen) atoms. The number of hydrogen-bond donors (Lipinski definition) is 1. The Morgan fingerprint density at radius 1 is 1.00 bits per heavy atom. The lowest BCUT2D eigenvalue weighted by molar-refractivity contribution is 0.0462. The van der Waals surface area contributed by atoms with Crippen LogP contribution in [-0.2, 0) is 21.4 Å². The summed E-state index contributed by atoms with van der Waals surface area (Å²) in [6.07, 6.45) is 0. The van der Waals surface area contributed by atoms with Crippen molar-refractivity contribution in [3.05, 3.63) is 89.7 Å². The molecule has 0 aliphatic rings. The molecular weight excluding hydrogens is 440 g/mol. The molecule has 4 rings (SSSR count). The predicted molar refractivity (Wildman–Crippen MR) is 126 cm³/mol. The van der Waals surface area contributed by atoms with Crippen LogP contribution in [0.3, 0.4) is 0 Å². The van der Waals surface area contributed by atoms with Crippen molar-refractivity contribution in [1.82, 2.24) is 9.97 Å². The Kier molecular flexibility index (Phi) is 5.97. The first-order valence-electron chi connectivity index (χ1n) is 10.1. The van der Waals surface area contributed by atoms with E-state index in [4.69, 9.17) is 10.5 Å². The molecule has 0 aliphatic heterocycles. The van der Waals surface area contributed by atoms with Crippen LogP contribution in [0.1, 0.15) is 21.7 Å². The highest BCUT2D eigenvalue weighted by Crippen LogP contribution is 2.23. The van der Waals surface area contributed by atoms with Gasteiger partial charge < -0.3 is 10.5 Å². The number of para-hydroxylation sites is 1. The lowest BCUT2D eigenvalue weighted by Gasteiger charge is -2.20. The second kappa shape index (κ2) is 8.87. The number of aryl methyl sites for hydroxylation is 1. The van der Waals surface area contributed by atoms with Crippen molar-refractivity contribution in [2.75, 3.05) is 17.1 Å². The number of carbonyl (C=O) groups is 1. The number of nitrogens with zero attached hydrogens (tertiary/aromatic N) is 3. The summed E-state index contributed by atoms with van der Waals surface area (Å²) >= 11 is 0. The summed E-state index contributed by atoms with van der Waals surface area (Å²) in [5.41, 5.74) is 8.24. The highest BCUT2D eigenvalue weighted by atomic mass is 32.2. The van der Waals surface area contributed by atoms with Gasteiger partial charge in [0.05, 0.1) is 21.7 Å². The number of sulfonamides is 1. The number of ether oxygens (including phenoxy) is 1. The minimum atomic E-state index is -3.87. The lowest BCUT2D eigenvalue weighted by atomic mass is 10.2. The van der Waals surface area contributed by atoms with Crippen LogP contribution in [0.4, 0.5) is 11.5 Å². The summed E-state index contributed by atoms with van der Waals surface area (Å²) in [5.74, 6) is -0.151. The molecule has 2 N–H and O–H groups in total. The fourth-order valence-electron chi connectivity index (χ4n) is 3.26. The number of esters is 1. The average molecular weight is 463 g/mol. The molecule has 168 valence electrons. The number of fused-ring (bicyclic) bond motifs is 1. The molecule has 0 unspecified atom stereocenters. The van der Waals surface area contributed by atoms with Crippen LogP contribution in [-0.4, -0.2) is 31.4 Å². The Balaban J connectivity index is 1.52. The lowest BCUT2D eigenvalue weighted by Crippen LogP contribution is -2.26. The summed E-state index contributed by atoms with van der Waals surface area (Å²) < 4.78 is 32.6. The molecule has 0 radical (unpaired) electrons. The Morgan fingerprint density at radius 2 is 1.73 bits per heavy atom. The molecule has 4 aromatic rings. The van der Waals surface area contributed by atoms with Crippen molar-refractivity contribution >= 4 is 38.4 Å². The molecule has 8 nitrogen and oxygen atoms in total. The summed E-state index contributed by atoms with van der Waals surface area (Å²) in [7, 11) is -2.41. The Labute approximate surface area is 191 Å². The monoisotopic (exact) mass is 462 g/mol. The molecule has 3 aromatic carbocycles. The highest BCUT2D eigenvalue weighted by molar-refractivity contribution is 7.92. The van der Waals surface area contributed by atoms with Gasteiger partial charge >= 0.3 is 5.97 Å². The number of nitrogen functional groups attached to an aromatic ring is 1. The van der Waals surface area contributed by atoms with E-state index in [0.717, 1.165) is 5.56 Å². The first-order chi connectivity index (χ1) is 15.8. The zero-order valence-electron chi connectivity index (χ0n) is 18.1. The van der Waals surface area contributed by atoms with Crippen molar-refractivity contribution in [3.8, 4) is 0 Å². The van der Waals surface area contributed by atoms with Crippen LogP contribution >= 0.6 is 0 Å². The molecule has 0 spiro atoms. The van der Waals surface area contributed by atoms with Crippen LogP contribution in [0, 0.1) is 6.92 Å². The fraction of sp³-hybridized carbons (Fsp3) is 0.125. The second-order valence-corrected chi connectivity index (χ2v) is 9.42. The molecule has 0 saturated heterocycles. The summed E-state index contributed by atoms with van der Waals surface area (Å²) in [4.78, 5) is 21.1. The van der Waals surface area contributed by atoms with E-state index in [9.17, 15) is 13.2 Å². The van der Waals surface area contributed by atoms with Gasteiger partial charge in [-0.1, -0.05) is 35.9 Å². The van der Waals surface area contributed by atoms with Crippen molar-refractivity contribution in [2.45, 2.75) is 18.4 Å². The number of rotatable bonds is 6. The van der Waals surface area contributed by atoms with Gasteiger partial charge in [0.2, 0.25) is 0 Å². The van der Waals surface area contributed by atoms with Gasteiger partial charge in [-0.3, -0.25) is 4.31 Å². The van der Waals surface area contributed by atoms with Crippen molar-refractivity contribution in [3.63, 3.8) is 0 Å². The van der Waals surface area contributed by atoms with Crippen LogP contribution < -0.4 is 10.0 Å². The average Bonchev–Trinajstić information content (AvgIpc) is 2.82. The molecule has 0 amide bonds. The molecule has 0 fully saturated rings. The molecule has 0 aliphatic carbocycles. The smallest absolute Gasteiger partial charge is 0.338 e. The van der Waals surface area contributed by atoms with E-state index in [-0.39, 0.29) is 22.9 Å². The first-order valence-corrected chi connectivity index (χ1v) is 11.5. The van der Waals surface area contributed by atoms with Gasteiger partial charge in [-0.15, -0.1) is 0 Å². The quantitative estimate of drug-likeness (QED) is 0.434. The standard InChI is InChI=1S/C24H22N4O4S/c1-16-10-12-18(13-11-16)28(2)33(30,31)19-7-5-6-17(14-19)24(29)32-15-22-26-21-9-4-3-8-20(21)23(25)27-22/h3-14H,15H2,1-2H3,(H2,25,26,27). The highest BCUT2D eigenvalue weighted by Gasteiger charge is 2.23. The largest absolute Gasteiger partial charge is 0.454 e. The van der Waals surface area contributed by atoms with Gasteiger partial charge in [0, 0.05) is 12.4 Å². The normalized spacial score (nSPS) is 11.3. The van der Waals surface area contributed by atoms with E-state index in [1.165, 1.54) is 35.6 Å². The van der Waals surface area contributed by atoms with Gasteiger partial charge in [0.25, 0.3) is 10.0 Å². The van der Waals surface area contributed by atoms with E-state index >= 15 is 0 Å². The van der Waals surface area contributed by atoms with Crippen LogP contribution in [0.15, 0.2) is 77.7 Å². The van der Waals surface area contributed by atoms with Gasteiger partial charge in [-0.25, -0.2) is 23.2 Å². The van der Waals surface area contributed by atoms with Crippen molar-refractivity contribution in [1.29, 1.82) is 0 Å². The number of hydrogen-bond acceptors (Lipinski definition) is 7. The molecule has 0 bridgehead atoms. The van der Waals surface area contributed by atoms with E-state index < -0.39 is 16.0 Å². The number of carbonyl (C=O) groups excluding carboxylic acids is 1. The molecule has 9 heteroatoms. The topological polar surface area (TPSA) is 115 Å². The maximum absolute atomic E-state index is 13.1. The first kappa shape index (κ1) is 22.2. The molecule has 0 atom stereocenters. The number of benzene rings is 3. The Hall–Kier alpha value is -3.98. The number of aromatic nitrogens is 2. The minimum Gasteiger partial charge on any atom is -0.454 e. The van der Waals surface area contributed by atoms with Crippen LogP contribution in [0.25, 0.3) is 10.9 Å². The fourth-order valence-corrected chi connectivity index (χ4v) is 4.51. The summed E-state index contributed by atoms with van der Waals surface area (Å²) in [6.45, 7) is 1.72. The van der Waals surface area contributed by atoms with Gasteiger partial charge in [-0.05, 0) is 49.4 Å². The van der Waals surface area contributed by atoms with E-state index in [1.807, 2.05) is 31.2 Å². The third kappa shape index (κ3) is 4.63. The van der Waals surface area contributed by atoms with E-state index in [2.05, 4.69) is 9.97 Å². The van der Waals surface area contributed by atoms with Gasteiger partial charge in [0.1, 0.15) is 5.82 Å². The van der Waals surface area contributed by atoms with E-state index in [0.29, 0.717) is 22.4 Å². The maximum Gasteiger partial charge on any atom is 0.338 e. The molecule has 1 aromatic heterocycles. The van der Waals surface area contributed by atoms with E-state index in [1.54, 1.807) is 24.3 Å². The summed E-state index contributed by atoms with van der Waals surface area (Å²) in [6, 6.07) is 20.1. The van der Waals surface area contributed by atoms with Gasteiger partial charge in [-0.2, -0.15) is 0 Å². The van der Waals surface area contributed by atoms with Crippen LogP contribution in [0.5, 0.6) is 0 Å². The predicted octanol–water partition coefficient (Wildman–Crippen LogP) is 3.70. The van der Waals surface area contributed by atoms with Crippen molar-refractivity contribution < 1.29 is 17.9 Å². The van der Waals surface area contributed by atoms with Crippen molar-refractivity contribution in [2.24, 2.45) is 0 Å². The maximum atomic E-state index is 13.1. The zero-order chi connectivity index (χ0) is 23.6. The SMILES string of the molecule is Cc1ccc(N(C)S(=O)(=O)c2cccc(C(=O)OCc3nc(N)c4ccccc4n3)c2)cc1. The minimum absolute atomic E-state index is 0.0220. The van der Waals surface area contributed by atoms with Gasteiger partial charge in [0.15, 0.2) is 12.4 Å². The molecule has 0 saturated carbocycles. The third-order valence-corrected chi connectivity index (χ3v) is 6.92. The molecular formula is C24H22N4O4S. The zero-order valence-corrected chi connectivity index (χ0v) is 18.9. The Morgan fingerprint density at radius 3 is 2.48 bits per heavy atom. The van der Waals surface area contributed by atoms with Crippen LogP contribution in [0.2, 0.25) is 0 Å². The second-order valence-electron chi connectivity index (χ2n) is 7.45. The number of anilines is 2. The number of nitrogens with two attached hydrogens (primary N) is 1. The Bertz CT molecular complexity index is 1440. The molecule has 1 heterocycles.